The van der Waals surface area contributed by atoms with Gasteiger partial charge in [0.2, 0.25) is 0 Å². The van der Waals surface area contributed by atoms with Crippen molar-refractivity contribution in [1.82, 2.24) is 0 Å². The molecular formula is C36H38O4. The fourth-order valence-electron chi connectivity index (χ4n) is 7.86. The summed E-state index contributed by atoms with van der Waals surface area (Å²) in [6.45, 7) is 7.82. The Labute approximate surface area is 236 Å². The van der Waals surface area contributed by atoms with Gasteiger partial charge in [-0.1, -0.05) is 48.5 Å². The van der Waals surface area contributed by atoms with Crippen molar-refractivity contribution in [2.24, 2.45) is 11.8 Å². The molecule has 0 bridgehead atoms. The maximum absolute atomic E-state index is 10.3. The van der Waals surface area contributed by atoms with Gasteiger partial charge in [-0.25, -0.2) is 0 Å². The van der Waals surface area contributed by atoms with Gasteiger partial charge in [-0.2, -0.15) is 0 Å². The molecule has 2 aliphatic carbocycles. The molecule has 0 amide bonds. The van der Waals surface area contributed by atoms with Crippen LogP contribution in [0, 0.1) is 39.5 Å². The summed E-state index contributed by atoms with van der Waals surface area (Å²) in [6, 6.07) is 24.1. The highest BCUT2D eigenvalue weighted by molar-refractivity contribution is 5.52. The van der Waals surface area contributed by atoms with Gasteiger partial charge in [0.05, 0.1) is 0 Å². The summed E-state index contributed by atoms with van der Waals surface area (Å²) in [4.78, 5) is 0. The largest absolute Gasteiger partial charge is 0.508 e. The molecule has 0 spiro atoms. The van der Waals surface area contributed by atoms with E-state index in [2.05, 4.69) is 48.5 Å². The molecule has 0 aliphatic heterocycles. The molecule has 40 heavy (non-hydrogen) atoms. The molecule has 4 N–H and O–H groups in total. The molecule has 4 heteroatoms. The zero-order valence-corrected chi connectivity index (χ0v) is 23.7. The summed E-state index contributed by atoms with van der Waals surface area (Å²) in [7, 11) is 0. The Kier molecular flexibility index (Phi) is 6.14. The average Bonchev–Trinajstić information content (AvgIpc) is 3.46. The van der Waals surface area contributed by atoms with E-state index in [1.807, 2.05) is 52.0 Å². The first-order valence-electron chi connectivity index (χ1n) is 14.2. The maximum Gasteiger partial charge on any atom is 0.118 e. The number of aryl methyl sites for hydroxylation is 4. The van der Waals surface area contributed by atoms with Gasteiger partial charge in [0, 0.05) is 10.8 Å². The van der Waals surface area contributed by atoms with Crippen LogP contribution >= 0.6 is 0 Å². The molecule has 0 saturated heterocycles. The summed E-state index contributed by atoms with van der Waals surface area (Å²) in [5.41, 5.74) is 7.93. The predicted molar refractivity (Wildman–Crippen MR) is 158 cm³/mol. The SMILES string of the molecule is Cc1cc(C2(c3ccc(O)c(C)c3)CC3CC(c4ccc(O)c(C)c4)(c4ccc(O)c(C)c4)CC3C2)ccc1O. The van der Waals surface area contributed by atoms with Crippen molar-refractivity contribution < 1.29 is 20.4 Å². The van der Waals surface area contributed by atoms with Crippen LogP contribution in [0.1, 0.15) is 70.2 Å². The van der Waals surface area contributed by atoms with Gasteiger partial charge in [-0.05, 0) is 134 Å². The zero-order valence-electron chi connectivity index (χ0n) is 23.7. The molecule has 2 fully saturated rings. The molecule has 4 aromatic rings. The fraction of sp³-hybridized carbons (Fsp3) is 0.333. The van der Waals surface area contributed by atoms with E-state index in [1.54, 1.807) is 0 Å². The van der Waals surface area contributed by atoms with Crippen LogP contribution in [0.15, 0.2) is 72.8 Å². The van der Waals surface area contributed by atoms with Crippen LogP contribution in [0.5, 0.6) is 23.0 Å². The zero-order chi connectivity index (χ0) is 28.4. The van der Waals surface area contributed by atoms with Crippen molar-refractivity contribution >= 4 is 0 Å². The summed E-state index contributed by atoms with van der Waals surface area (Å²) in [5, 5.41) is 41.3. The van der Waals surface area contributed by atoms with Crippen LogP contribution in [0.2, 0.25) is 0 Å². The highest BCUT2D eigenvalue weighted by Crippen LogP contribution is 2.64. The van der Waals surface area contributed by atoms with E-state index in [-0.39, 0.29) is 10.8 Å². The Balaban J connectivity index is 1.47. The third kappa shape index (κ3) is 4.04. The number of fused-ring (bicyclic) bond motifs is 1. The van der Waals surface area contributed by atoms with Crippen molar-refractivity contribution in [3.05, 3.63) is 117 Å². The minimum Gasteiger partial charge on any atom is -0.508 e. The smallest absolute Gasteiger partial charge is 0.118 e. The van der Waals surface area contributed by atoms with Crippen LogP contribution in [-0.4, -0.2) is 20.4 Å². The summed E-state index contributed by atoms with van der Waals surface area (Å²) in [5.74, 6) is 2.14. The van der Waals surface area contributed by atoms with Crippen molar-refractivity contribution in [3.8, 4) is 23.0 Å². The van der Waals surface area contributed by atoms with Crippen LogP contribution in [0.3, 0.4) is 0 Å². The van der Waals surface area contributed by atoms with Crippen LogP contribution in [0.25, 0.3) is 0 Å². The third-order valence-electron chi connectivity index (χ3n) is 10.1. The summed E-state index contributed by atoms with van der Waals surface area (Å²) >= 11 is 0. The minimum atomic E-state index is -0.214. The first kappa shape index (κ1) is 26.3. The quantitative estimate of drug-likeness (QED) is 0.215. The third-order valence-corrected chi connectivity index (χ3v) is 10.1. The standard InChI is InChI=1S/C36H38O4/c1-21-13-27(5-9-31(21)37)35(28-6-10-32(38)22(2)14-28)17-25-19-36(20-26(25)18-35,29-7-11-33(39)23(3)15-29)30-8-12-34(40)24(4)16-30/h5-16,25-26,37-40H,17-20H2,1-4H3. The van der Waals surface area contributed by atoms with E-state index in [9.17, 15) is 20.4 Å². The molecule has 0 radical (unpaired) electrons. The highest BCUT2D eigenvalue weighted by atomic mass is 16.3. The minimum absolute atomic E-state index is 0.214. The van der Waals surface area contributed by atoms with E-state index >= 15 is 0 Å². The molecule has 4 nitrogen and oxygen atoms in total. The number of aromatic hydroxyl groups is 4. The summed E-state index contributed by atoms with van der Waals surface area (Å²) in [6.07, 6.45) is 3.90. The van der Waals surface area contributed by atoms with Gasteiger partial charge in [-0.15, -0.1) is 0 Å². The van der Waals surface area contributed by atoms with E-state index in [1.165, 1.54) is 22.3 Å². The molecule has 206 valence electrons. The fourth-order valence-corrected chi connectivity index (χ4v) is 7.86. The molecule has 6 rings (SSSR count). The Morgan fingerprint density at radius 1 is 0.425 bits per heavy atom. The van der Waals surface area contributed by atoms with Crippen LogP contribution in [0.4, 0.5) is 0 Å². The van der Waals surface area contributed by atoms with Gasteiger partial charge >= 0.3 is 0 Å². The second kappa shape index (κ2) is 9.33. The van der Waals surface area contributed by atoms with Crippen molar-refractivity contribution in [2.45, 2.75) is 64.2 Å². The topological polar surface area (TPSA) is 80.9 Å². The lowest BCUT2D eigenvalue weighted by Crippen LogP contribution is -2.30. The van der Waals surface area contributed by atoms with Gasteiger partial charge in [0.25, 0.3) is 0 Å². The number of phenolic OH excluding ortho intramolecular Hbond substituents is 4. The lowest BCUT2D eigenvalue weighted by molar-refractivity contribution is 0.407. The molecule has 0 atom stereocenters. The number of hydrogen-bond acceptors (Lipinski definition) is 4. The van der Waals surface area contributed by atoms with Gasteiger partial charge < -0.3 is 20.4 Å². The normalized spacial score (nSPS) is 20.9. The molecule has 4 aromatic carbocycles. The number of benzene rings is 4. The first-order chi connectivity index (χ1) is 19.0. The van der Waals surface area contributed by atoms with Gasteiger partial charge in [0.1, 0.15) is 23.0 Å². The van der Waals surface area contributed by atoms with Gasteiger partial charge in [0.15, 0.2) is 0 Å². The maximum atomic E-state index is 10.3. The molecule has 2 aliphatic rings. The van der Waals surface area contributed by atoms with Crippen molar-refractivity contribution in [2.75, 3.05) is 0 Å². The molecule has 0 aromatic heterocycles. The number of phenols is 4. The molecule has 2 saturated carbocycles. The Hall–Kier alpha value is -3.92. The lowest BCUT2D eigenvalue weighted by Gasteiger charge is -2.37. The van der Waals surface area contributed by atoms with Crippen molar-refractivity contribution in [1.29, 1.82) is 0 Å². The van der Waals surface area contributed by atoms with Crippen molar-refractivity contribution in [3.63, 3.8) is 0 Å². The second-order valence-corrected chi connectivity index (χ2v) is 12.5. The highest BCUT2D eigenvalue weighted by Gasteiger charge is 2.56. The lowest BCUT2D eigenvalue weighted by atomic mass is 9.66. The average molecular weight is 535 g/mol. The van der Waals surface area contributed by atoms with E-state index in [0.717, 1.165) is 47.9 Å². The molecular weight excluding hydrogens is 496 g/mol. The van der Waals surface area contributed by atoms with E-state index < -0.39 is 0 Å². The van der Waals surface area contributed by atoms with Gasteiger partial charge in [-0.3, -0.25) is 0 Å². The second-order valence-electron chi connectivity index (χ2n) is 12.5. The molecule has 0 heterocycles. The van der Waals surface area contributed by atoms with Crippen LogP contribution < -0.4 is 0 Å². The first-order valence-corrected chi connectivity index (χ1v) is 14.2. The number of rotatable bonds is 4. The van der Waals surface area contributed by atoms with E-state index in [4.69, 9.17) is 0 Å². The van der Waals surface area contributed by atoms with E-state index in [0.29, 0.717) is 34.8 Å². The number of hydrogen-bond donors (Lipinski definition) is 4. The van der Waals surface area contributed by atoms with Crippen LogP contribution in [-0.2, 0) is 10.8 Å². The molecule has 0 unspecified atom stereocenters. The Morgan fingerprint density at radius 2 is 0.650 bits per heavy atom. The Bertz CT molecular complexity index is 1380. The Morgan fingerprint density at radius 3 is 0.850 bits per heavy atom. The summed E-state index contributed by atoms with van der Waals surface area (Å²) < 4.78 is 0. The monoisotopic (exact) mass is 534 g/mol. The predicted octanol–water partition coefficient (Wildman–Crippen LogP) is 7.84.